The Kier molecular flexibility index (Phi) is 5.89. The molecule has 1 heterocycles. The van der Waals surface area contributed by atoms with Crippen LogP contribution in [0.4, 0.5) is 0 Å². The Bertz CT molecular complexity index is 316. The van der Waals surface area contributed by atoms with Crippen molar-refractivity contribution in [2.75, 3.05) is 19.3 Å². The molecule has 0 aliphatic carbocycles. The summed E-state index contributed by atoms with van der Waals surface area (Å²) in [6, 6.07) is 0.363. The van der Waals surface area contributed by atoms with Crippen molar-refractivity contribution in [3.8, 4) is 0 Å². The normalized spacial score (nSPS) is 24.8. The average molecular weight is 262 g/mol. The second kappa shape index (κ2) is 6.71. The summed E-state index contributed by atoms with van der Waals surface area (Å²) in [6.45, 7) is 4.79. The smallest absolute Gasteiger partial charge is 0.214 e. The number of nitrogens with one attached hydrogen (secondary N) is 1. The molecule has 0 saturated carbocycles. The number of piperidine rings is 1. The number of likely N-dealkylation sites (N-methyl/N-ethyl adjacent to an activating group) is 1. The van der Waals surface area contributed by atoms with Crippen molar-refractivity contribution < 1.29 is 8.42 Å². The zero-order valence-corrected chi connectivity index (χ0v) is 12.1. The van der Waals surface area contributed by atoms with Crippen LogP contribution in [0, 0.1) is 0 Å². The fourth-order valence-electron chi connectivity index (χ4n) is 2.41. The fraction of sp³-hybridized carbons (Fsp3) is 1.00. The molecule has 0 amide bonds. The van der Waals surface area contributed by atoms with E-state index in [9.17, 15) is 8.42 Å². The molecule has 0 aromatic carbocycles. The standard InChI is InChI=1S/C12H26N2O2S/c1-4-5-10-17(15,16)14-9-7-6-8-12(14)11(2)13-3/h11-13H,4-10H2,1-3H3. The number of rotatable bonds is 6. The van der Waals surface area contributed by atoms with Crippen molar-refractivity contribution in [3.05, 3.63) is 0 Å². The van der Waals surface area contributed by atoms with E-state index in [0.717, 1.165) is 32.1 Å². The van der Waals surface area contributed by atoms with Crippen LogP contribution in [0.15, 0.2) is 0 Å². The Morgan fingerprint density at radius 2 is 2.12 bits per heavy atom. The summed E-state index contributed by atoms with van der Waals surface area (Å²) in [5.74, 6) is 0.302. The van der Waals surface area contributed by atoms with Gasteiger partial charge in [0, 0.05) is 18.6 Å². The summed E-state index contributed by atoms with van der Waals surface area (Å²) in [7, 11) is -1.16. The fourth-order valence-corrected chi connectivity index (χ4v) is 4.41. The zero-order valence-electron chi connectivity index (χ0n) is 11.3. The molecule has 0 spiro atoms. The van der Waals surface area contributed by atoms with E-state index in [1.807, 2.05) is 14.0 Å². The minimum absolute atomic E-state index is 0.135. The van der Waals surface area contributed by atoms with E-state index in [1.54, 1.807) is 4.31 Å². The van der Waals surface area contributed by atoms with Gasteiger partial charge < -0.3 is 5.32 Å². The van der Waals surface area contributed by atoms with Gasteiger partial charge in [-0.05, 0) is 33.2 Å². The molecule has 1 N–H and O–H groups in total. The van der Waals surface area contributed by atoms with E-state index in [1.165, 1.54) is 0 Å². The largest absolute Gasteiger partial charge is 0.316 e. The quantitative estimate of drug-likeness (QED) is 0.790. The lowest BCUT2D eigenvalue weighted by Gasteiger charge is -2.38. The van der Waals surface area contributed by atoms with E-state index in [0.29, 0.717) is 12.3 Å². The first-order valence-corrected chi connectivity index (χ1v) is 8.30. The molecule has 0 aromatic rings. The predicted molar refractivity (Wildman–Crippen MR) is 71.6 cm³/mol. The molecule has 4 nitrogen and oxygen atoms in total. The van der Waals surface area contributed by atoms with Crippen LogP contribution in [0.3, 0.4) is 0 Å². The lowest BCUT2D eigenvalue weighted by molar-refractivity contribution is 0.213. The monoisotopic (exact) mass is 262 g/mol. The Morgan fingerprint density at radius 3 is 2.71 bits per heavy atom. The second-order valence-corrected chi connectivity index (χ2v) is 6.96. The topological polar surface area (TPSA) is 49.4 Å². The highest BCUT2D eigenvalue weighted by Gasteiger charge is 2.34. The number of nitrogens with zero attached hydrogens (tertiary/aromatic N) is 1. The van der Waals surface area contributed by atoms with Crippen LogP contribution in [-0.4, -0.2) is 44.2 Å². The molecule has 1 rings (SSSR count). The van der Waals surface area contributed by atoms with Gasteiger partial charge in [0.2, 0.25) is 10.0 Å². The predicted octanol–water partition coefficient (Wildman–Crippen LogP) is 1.58. The van der Waals surface area contributed by atoms with Crippen LogP contribution in [0.25, 0.3) is 0 Å². The van der Waals surface area contributed by atoms with Gasteiger partial charge in [-0.15, -0.1) is 0 Å². The van der Waals surface area contributed by atoms with Crippen LogP contribution >= 0.6 is 0 Å². The Morgan fingerprint density at radius 1 is 1.41 bits per heavy atom. The van der Waals surface area contributed by atoms with Crippen molar-refractivity contribution in [1.29, 1.82) is 0 Å². The van der Waals surface area contributed by atoms with Crippen LogP contribution in [0.1, 0.15) is 46.0 Å². The second-order valence-electron chi connectivity index (χ2n) is 4.92. The lowest BCUT2D eigenvalue weighted by atomic mass is 9.99. The van der Waals surface area contributed by atoms with E-state index < -0.39 is 10.0 Å². The average Bonchev–Trinajstić information content (AvgIpc) is 2.35. The van der Waals surface area contributed by atoms with Gasteiger partial charge in [0.15, 0.2) is 0 Å². The highest BCUT2D eigenvalue weighted by molar-refractivity contribution is 7.89. The molecule has 1 aliphatic rings. The molecule has 5 heteroatoms. The van der Waals surface area contributed by atoms with Gasteiger partial charge in [0.1, 0.15) is 0 Å². The number of hydrogen-bond acceptors (Lipinski definition) is 3. The van der Waals surface area contributed by atoms with Gasteiger partial charge in [0.05, 0.1) is 5.75 Å². The van der Waals surface area contributed by atoms with Crippen molar-refractivity contribution in [2.24, 2.45) is 0 Å². The van der Waals surface area contributed by atoms with Crippen molar-refractivity contribution in [1.82, 2.24) is 9.62 Å². The minimum Gasteiger partial charge on any atom is -0.316 e. The molecular weight excluding hydrogens is 236 g/mol. The van der Waals surface area contributed by atoms with Crippen LogP contribution in [0.2, 0.25) is 0 Å². The van der Waals surface area contributed by atoms with E-state index in [2.05, 4.69) is 12.2 Å². The summed E-state index contributed by atoms with van der Waals surface area (Å²) in [5, 5.41) is 3.19. The van der Waals surface area contributed by atoms with Gasteiger partial charge in [-0.1, -0.05) is 19.8 Å². The summed E-state index contributed by atoms with van der Waals surface area (Å²) in [4.78, 5) is 0. The van der Waals surface area contributed by atoms with Gasteiger partial charge in [-0.25, -0.2) is 8.42 Å². The first-order chi connectivity index (χ1) is 8.03. The Balaban J connectivity index is 2.76. The third-order valence-corrected chi connectivity index (χ3v) is 5.62. The molecule has 2 atom stereocenters. The molecule has 17 heavy (non-hydrogen) atoms. The number of sulfonamides is 1. The summed E-state index contributed by atoms with van der Waals surface area (Å²) in [6.07, 6.45) is 4.81. The number of unbranched alkanes of at least 4 members (excludes halogenated alkanes) is 1. The van der Waals surface area contributed by atoms with Crippen molar-refractivity contribution >= 4 is 10.0 Å². The van der Waals surface area contributed by atoms with Crippen molar-refractivity contribution in [2.45, 2.75) is 58.0 Å². The highest BCUT2D eigenvalue weighted by Crippen LogP contribution is 2.23. The van der Waals surface area contributed by atoms with E-state index >= 15 is 0 Å². The molecule has 0 radical (unpaired) electrons. The molecule has 1 fully saturated rings. The van der Waals surface area contributed by atoms with Gasteiger partial charge in [-0.3, -0.25) is 0 Å². The maximum Gasteiger partial charge on any atom is 0.214 e. The minimum atomic E-state index is -3.06. The first kappa shape index (κ1) is 14.9. The van der Waals surface area contributed by atoms with E-state index in [-0.39, 0.29) is 12.1 Å². The molecule has 0 aromatic heterocycles. The summed E-state index contributed by atoms with van der Waals surface area (Å²) < 4.78 is 26.3. The van der Waals surface area contributed by atoms with Gasteiger partial charge in [0.25, 0.3) is 0 Å². The number of hydrogen-bond donors (Lipinski definition) is 1. The molecule has 102 valence electrons. The first-order valence-electron chi connectivity index (χ1n) is 6.69. The third kappa shape index (κ3) is 3.93. The Hall–Kier alpha value is -0.130. The van der Waals surface area contributed by atoms with Crippen LogP contribution in [-0.2, 0) is 10.0 Å². The molecular formula is C12H26N2O2S. The molecule has 1 aliphatic heterocycles. The SMILES string of the molecule is CCCCS(=O)(=O)N1CCCCC1C(C)NC. The Labute approximate surface area is 106 Å². The molecule has 0 bridgehead atoms. The van der Waals surface area contributed by atoms with Crippen molar-refractivity contribution in [3.63, 3.8) is 0 Å². The third-order valence-electron chi connectivity index (χ3n) is 3.64. The zero-order chi connectivity index (χ0) is 12.9. The summed E-state index contributed by atoms with van der Waals surface area (Å²) >= 11 is 0. The van der Waals surface area contributed by atoms with Gasteiger partial charge >= 0.3 is 0 Å². The van der Waals surface area contributed by atoms with Gasteiger partial charge in [-0.2, -0.15) is 4.31 Å². The maximum absolute atomic E-state index is 12.3. The highest BCUT2D eigenvalue weighted by atomic mass is 32.2. The summed E-state index contributed by atoms with van der Waals surface area (Å²) in [5.41, 5.74) is 0. The molecule has 2 unspecified atom stereocenters. The van der Waals surface area contributed by atoms with E-state index in [4.69, 9.17) is 0 Å². The van der Waals surface area contributed by atoms with Crippen LogP contribution < -0.4 is 5.32 Å². The van der Waals surface area contributed by atoms with Crippen LogP contribution in [0.5, 0.6) is 0 Å². The lowest BCUT2D eigenvalue weighted by Crippen LogP contribution is -2.53. The molecule has 1 saturated heterocycles. The maximum atomic E-state index is 12.3.